The highest BCUT2D eigenvalue weighted by molar-refractivity contribution is 5.99. The summed E-state index contributed by atoms with van der Waals surface area (Å²) in [5, 5.41) is 10.8. The highest BCUT2D eigenvalue weighted by atomic mass is 35.5. The number of anilines is 1. The monoisotopic (exact) mass is 294 g/mol. The smallest absolute Gasteiger partial charge is 0.244 e. The van der Waals surface area contributed by atoms with E-state index < -0.39 is 5.54 Å². The fourth-order valence-electron chi connectivity index (χ4n) is 2.69. The maximum atomic E-state index is 12.3. The van der Waals surface area contributed by atoms with E-state index in [1.54, 1.807) is 6.20 Å². The van der Waals surface area contributed by atoms with Gasteiger partial charge in [-0.05, 0) is 31.0 Å². The van der Waals surface area contributed by atoms with Crippen molar-refractivity contribution in [2.24, 2.45) is 5.73 Å². The molecule has 3 rings (SSSR count). The Morgan fingerprint density at radius 1 is 1.30 bits per heavy atom. The zero-order valence-corrected chi connectivity index (χ0v) is 12.0. The predicted molar refractivity (Wildman–Crippen MR) is 82.0 cm³/mol. The summed E-state index contributed by atoms with van der Waals surface area (Å²) < 4.78 is 0. The van der Waals surface area contributed by atoms with Crippen molar-refractivity contribution in [2.75, 3.05) is 5.32 Å². The van der Waals surface area contributed by atoms with E-state index in [1.807, 2.05) is 18.2 Å². The van der Waals surface area contributed by atoms with Crippen molar-refractivity contribution in [1.82, 2.24) is 10.2 Å². The second-order valence-corrected chi connectivity index (χ2v) is 5.34. The van der Waals surface area contributed by atoms with Crippen LogP contribution in [0.4, 0.5) is 5.69 Å². The molecule has 0 saturated heterocycles. The van der Waals surface area contributed by atoms with E-state index >= 15 is 0 Å². The summed E-state index contributed by atoms with van der Waals surface area (Å²) in [4.78, 5) is 12.3. The summed E-state index contributed by atoms with van der Waals surface area (Å²) in [6.45, 7) is 0. The van der Waals surface area contributed by atoms with E-state index in [1.165, 1.54) is 6.42 Å². The lowest BCUT2D eigenvalue weighted by atomic mass is 9.82. The minimum Gasteiger partial charge on any atom is -0.324 e. The zero-order chi connectivity index (χ0) is 13.3. The Morgan fingerprint density at radius 3 is 2.80 bits per heavy atom. The Labute approximate surface area is 123 Å². The van der Waals surface area contributed by atoms with Gasteiger partial charge in [0.05, 0.1) is 17.3 Å². The number of hydrogen-bond donors (Lipinski definition) is 3. The first kappa shape index (κ1) is 14.8. The number of carbonyl (C=O) groups excluding carboxylic acids is 1. The van der Waals surface area contributed by atoms with Gasteiger partial charge in [0.15, 0.2) is 0 Å². The quantitative estimate of drug-likeness (QED) is 0.796. The minimum absolute atomic E-state index is 0. The van der Waals surface area contributed by atoms with Gasteiger partial charge in [-0.2, -0.15) is 5.10 Å². The number of hydrogen-bond acceptors (Lipinski definition) is 3. The Hall–Kier alpha value is -1.59. The van der Waals surface area contributed by atoms with E-state index in [2.05, 4.69) is 15.5 Å². The molecule has 1 aliphatic rings. The molecular formula is C14H19ClN4O. The van der Waals surface area contributed by atoms with Crippen LogP contribution >= 0.6 is 12.4 Å². The molecule has 0 aliphatic heterocycles. The Bertz CT molecular complexity index is 604. The number of nitrogens with two attached hydrogens (primary N) is 1. The summed E-state index contributed by atoms with van der Waals surface area (Å²) in [5.74, 6) is -0.0740. The first-order chi connectivity index (χ1) is 9.17. The van der Waals surface area contributed by atoms with E-state index in [-0.39, 0.29) is 18.3 Å². The summed E-state index contributed by atoms with van der Waals surface area (Å²) in [5.41, 5.74) is 7.24. The molecule has 1 heterocycles. The third kappa shape index (κ3) is 2.78. The zero-order valence-electron chi connectivity index (χ0n) is 11.2. The van der Waals surface area contributed by atoms with Gasteiger partial charge in [-0.3, -0.25) is 9.89 Å². The molecule has 1 amide bonds. The van der Waals surface area contributed by atoms with E-state index in [9.17, 15) is 4.79 Å². The number of nitrogens with one attached hydrogen (secondary N) is 2. The highest BCUT2D eigenvalue weighted by Crippen LogP contribution is 2.27. The molecule has 1 fully saturated rings. The normalized spacial score (nSPS) is 17.4. The number of aromatic amines is 1. The number of nitrogens with zero attached hydrogens (tertiary/aromatic N) is 1. The molecule has 0 atom stereocenters. The Morgan fingerprint density at radius 2 is 2.05 bits per heavy atom. The summed E-state index contributed by atoms with van der Waals surface area (Å²) in [6, 6.07) is 5.68. The first-order valence-electron chi connectivity index (χ1n) is 6.71. The Balaban J connectivity index is 0.00000147. The van der Waals surface area contributed by atoms with Crippen LogP contribution in [0.25, 0.3) is 10.9 Å². The number of carbonyl (C=O) groups is 1. The van der Waals surface area contributed by atoms with Crippen molar-refractivity contribution < 1.29 is 4.79 Å². The molecule has 1 aromatic carbocycles. The SMILES string of the molecule is Cl.NC1(C(=O)Nc2ccc3[nH]ncc3c2)CCCCC1. The van der Waals surface area contributed by atoms with Crippen molar-refractivity contribution in [2.45, 2.75) is 37.6 Å². The van der Waals surface area contributed by atoms with Crippen LogP contribution in [0, 0.1) is 0 Å². The lowest BCUT2D eigenvalue weighted by molar-refractivity contribution is -0.122. The van der Waals surface area contributed by atoms with Gasteiger partial charge in [0.2, 0.25) is 5.91 Å². The Kier molecular flexibility index (Phi) is 4.30. The van der Waals surface area contributed by atoms with Crippen LogP contribution in [0.15, 0.2) is 24.4 Å². The molecule has 0 unspecified atom stereocenters. The maximum Gasteiger partial charge on any atom is 0.244 e. The number of amides is 1. The molecule has 20 heavy (non-hydrogen) atoms. The van der Waals surface area contributed by atoms with Crippen molar-refractivity contribution in [3.63, 3.8) is 0 Å². The second-order valence-electron chi connectivity index (χ2n) is 5.34. The summed E-state index contributed by atoms with van der Waals surface area (Å²) >= 11 is 0. The van der Waals surface area contributed by atoms with Crippen LogP contribution in [0.3, 0.4) is 0 Å². The minimum atomic E-state index is -0.705. The standard InChI is InChI=1S/C14H18N4O.ClH/c15-14(6-2-1-3-7-14)13(19)17-11-4-5-12-10(8-11)9-16-18-12;/h4-5,8-9H,1-3,6-7,15H2,(H,16,18)(H,17,19);1H. The number of fused-ring (bicyclic) bond motifs is 1. The number of H-pyrrole nitrogens is 1. The predicted octanol–water partition coefficient (Wildman–Crippen LogP) is 2.58. The molecule has 2 aromatic rings. The third-order valence-electron chi connectivity index (χ3n) is 3.90. The average molecular weight is 295 g/mol. The van der Waals surface area contributed by atoms with Crippen molar-refractivity contribution in [1.29, 1.82) is 0 Å². The molecule has 1 aliphatic carbocycles. The molecule has 1 saturated carbocycles. The number of benzene rings is 1. The lowest BCUT2D eigenvalue weighted by Gasteiger charge is -2.31. The molecule has 0 bridgehead atoms. The van der Waals surface area contributed by atoms with Crippen LogP contribution in [0.5, 0.6) is 0 Å². The summed E-state index contributed by atoms with van der Waals surface area (Å²) in [6.07, 6.45) is 6.52. The molecule has 1 aromatic heterocycles. The third-order valence-corrected chi connectivity index (χ3v) is 3.90. The van der Waals surface area contributed by atoms with Crippen LogP contribution < -0.4 is 11.1 Å². The van der Waals surface area contributed by atoms with E-state index in [0.717, 1.165) is 42.3 Å². The molecule has 0 radical (unpaired) electrons. The molecule has 0 spiro atoms. The topological polar surface area (TPSA) is 83.8 Å². The van der Waals surface area contributed by atoms with Gasteiger partial charge in [0.25, 0.3) is 0 Å². The van der Waals surface area contributed by atoms with Gasteiger partial charge >= 0.3 is 0 Å². The lowest BCUT2D eigenvalue weighted by Crippen LogP contribution is -2.52. The van der Waals surface area contributed by atoms with Crippen molar-refractivity contribution in [3.05, 3.63) is 24.4 Å². The van der Waals surface area contributed by atoms with Crippen molar-refractivity contribution >= 4 is 34.9 Å². The maximum absolute atomic E-state index is 12.3. The van der Waals surface area contributed by atoms with E-state index in [4.69, 9.17) is 5.73 Å². The number of aromatic nitrogens is 2. The van der Waals surface area contributed by atoms with Gasteiger partial charge in [-0.1, -0.05) is 19.3 Å². The summed E-state index contributed by atoms with van der Waals surface area (Å²) in [7, 11) is 0. The molecular weight excluding hydrogens is 276 g/mol. The van der Waals surface area contributed by atoms with Crippen LogP contribution in [0.1, 0.15) is 32.1 Å². The second kappa shape index (κ2) is 5.81. The largest absolute Gasteiger partial charge is 0.324 e. The molecule has 108 valence electrons. The van der Waals surface area contributed by atoms with Gasteiger partial charge in [-0.15, -0.1) is 12.4 Å². The highest BCUT2D eigenvalue weighted by Gasteiger charge is 2.35. The van der Waals surface area contributed by atoms with Gasteiger partial charge < -0.3 is 11.1 Å². The fourth-order valence-corrected chi connectivity index (χ4v) is 2.69. The van der Waals surface area contributed by atoms with Gasteiger partial charge in [-0.25, -0.2) is 0 Å². The van der Waals surface area contributed by atoms with Crippen LogP contribution in [-0.2, 0) is 4.79 Å². The van der Waals surface area contributed by atoms with Gasteiger partial charge in [0.1, 0.15) is 0 Å². The fraction of sp³-hybridized carbons (Fsp3) is 0.429. The van der Waals surface area contributed by atoms with Crippen LogP contribution in [-0.4, -0.2) is 21.6 Å². The van der Waals surface area contributed by atoms with Gasteiger partial charge in [0, 0.05) is 11.1 Å². The first-order valence-corrected chi connectivity index (χ1v) is 6.71. The van der Waals surface area contributed by atoms with Crippen molar-refractivity contribution in [3.8, 4) is 0 Å². The average Bonchev–Trinajstić information content (AvgIpc) is 2.87. The molecule has 5 nitrogen and oxygen atoms in total. The van der Waals surface area contributed by atoms with E-state index in [0.29, 0.717) is 0 Å². The van der Waals surface area contributed by atoms with Crippen LogP contribution in [0.2, 0.25) is 0 Å². The molecule has 4 N–H and O–H groups in total. The number of halogens is 1. The molecule has 6 heteroatoms. The number of rotatable bonds is 2.